The van der Waals surface area contributed by atoms with Crippen LogP contribution in [0.15, 0.2) is 0 Å². The normalized spacial score (nSPS) is 11.7. The van der Waals surface area contributed by atoms with Crippen LogP contribution in [0.5, 0.6) is 0 Å². The monoisotopic (exact) mass is 628 g/mol. The van der Waals surface area contributed by atoms with Crippen LogP contribution < -0.4 is 12.4 Å². The van der Waals surface area contributed by atoms with Gasteiger partial charge in [-0.05, 0) is 51.4 Å². The maximum atomic E-state index is 2.34. The summed E-state index contributed by atoms with van der Waals surface area (Å²) in [6.07, 6.45) is 48.2. The lowest BCUT2D eigenvalue weighted by Gasteiger charge is -2.40. The summed E-state index contributed by atoms with van der Waals surface area (Å²) in [5, 5.41) is 0. The fourth-order valence-electron chi connectivity index (χ4n) is 7.17. The lowest BCUT2D eigenvalue weighted by atomic mass is 10.0. The van der Waals surface area contributed by atoms with E-state index in [1.165, 1.54) is 243 Å². The van der Waals surface area contributed by atoms with Crippen molar-refractivity contribution in [1.82, 2.24) is 0 Å². The molecule has 0 aliphatic rings. The molecule has 0 rings (SSSR count). The van der Waals surface area contributed by atoms with Crippen LogP contribution in [0.4, 0.5) is 0 Å². The van der Waals surface area contributed by atoms with Crippen molar-refractivity contribution < 1.29 is 16.9 Å². The molecule has 0 N–H and O–H groups in total. The second-order valence-corrected chi connectivity index (χ2v) is 14.5. The largest absolute Gasteiger partial charge is 1.00 e. The molecule has 0 aromatic carbocycles. The first-order valence-corrected chi connectivity index (χ1v) is 20.6. The topological polar surface area (TPSA) is 0 Å². The molecule has 0 saturated heterocycles. The Hall–Kier alpha value is 0.250. The number of hydrogen-bond donors (Lipinski definition) is 0. The zero-order valence-electron chi connectivity index (χ0n) is 31.0. The van der Waals surface area contributed by atoms with Crippen LogP contribution in [-0.4, -0.2) is 30.7 Å². The van der Waals surface area contributed by atoms with E-state index < -0.39 is 0 Å². The van der Waals surface area contributed by atoms with E-state index in [0.29, 0.717) is 0 Å². The molecule has 0 aromatic rings. The average Bonchev–Trinajstić information content (AvgIpc) is 3.00. The van der Waals surface area contributed by atoms with Crippen molar-refractivity contribution in [3.05, 3.63) is 0 Å². The second kappa shape index (κ2) is 38.4. The highest BCUT2D eigenvalue weighted by Gasteiger charge is 2.25. The van der Waals surface area contributed by atoms with Crippen LogP contribution in [0.1, 0.15) is 240 Å². The Labute approximate surface area is 281 Å². The molecule has 0 unspecified atom stereocenters. The van der Waals surface area contributed by atoms with Crippen molar-refractivity contribution in [2.45, 2.75) is 240 Å². The van der Waals surface area contributed by atoms with Gasteiger partial charge in [-0.25, -0.2) is 0 Å². The highest BCUT2D eigenvalue weighted by molar-refractivity contribution is 4.56. The number of hydrogen-bond acceptors (Lipinski definition) is 0. The number of rotatable bonds is 37. The standard InChI is InChI=1S/C41H86N.ClH/c1-5-9-13-17-21-25-29-33-37-41-42(38-34-30-26-22-18-14-10-6-2,39-35-31-27-23-19-15-11-7-3)40-36-32-28-24-20-16-12-8-4;/h5-41H2,1-4H3;1H/q+1;/p-1. The minimum Gasteiger partial charge on any atom is -1.00 e. The predicted molar refractivity (Wildman–Crippen MR) is 195 cm³/mol. The van der Waals surface area contributed by atoms with E-state index in [0.717, 1.165) is 0 Å². The van der Waals surface area contributed by atoms with Gasteiger partial charge in [0.15, 0.2) is 0 Å². The maximum absolute atomic E-state index is 2.34. The summed E-state index contributed by atoms with van der Waals surface area (Å²) in [5.41, 5.74) is 0. The van der Waals surface area contributed by atoms with Crippen LogP contribution >= 0.6 is 0 Å². The summed E-state index contributed by atoms with van der Waals surface area (Å²) in [6, 6.07) is 0. The van der Waals surface area contributed by atoms with Crippen LogP contribution in [0.25, 0.3) is 0 Å². The summed E-state index contributed by atoms with van der Waals surface area (Å²) in [6.45, 7) is 15.3. The van der Waals surface area contributed by atoms with Crippen LogP contribution in [0.3, 0.4) is 0 Å². The van der Waals surface area contributed by atoms with Gasteiger partial charge in [-0.15, -0.1) is 0 Å². The first-order chi connectivity index (χ1) is 20.7. The molecule has 1 nitrogen and oxygen atoms in total. The lowest BCUT2D eigenvalue weighted by Crippen LogP contribution is -3.00. The number of nitrogens with zero attached hydrogens (tertiary/aromatic N) is 1. The van der Waals surface area contributed by atoms with Crippen molar-refractivity contribution in [3.8, 4) is 0 Å². The third-order valence-corrected chi connectivity index (χ3v) is 10.2. The molecular formula is C41H86ClN. The van der Waals surface area contributed by atoms with Gasteiger partial charge in [-0.3, -0.25) is 0 Å². The van der Waals surface area contributed by atoms with Gasteiger partial charge in [0.2, 0.25) is 0 Å². The van der Waals surface area contributed by atoms with Gasteiger partial charge in [0.05, 0.1) is 26.2 Å². The van der Waals surface area contributed by atoms with Gasteiger partial charge in [-0.1, -0.05) is 188 Å². The van der Waals surface area contributed by atoms with E-state index in [9.17, 15) is 0 Å². The Balaban J connectivity index is 0. The molecule has 0 spiro atoms. The van der Waals surface area contributed by atoms with Gasteiger partial charge in [0.1, 0.15) is 0 Å². The highest BCUT2D eigenvalue weighted by atomic mass is 35.5. The number of halogens is 1. The van der Waals surface area contributed by atoms with Crippen molar-refractivity contribution in [2.24, 2.45) is 0 Å². The van der Waals surface area contributed by atoms with Crippen LogP contribution in [-0.2, 0) is 0 Å². The van der Waals surface area contributed by atoms with Gasteiger partial charge in [0, 0.05) is 0 Å². The minimum atomic E-state index is 0. The molecule has 0 radical (unpaired) electrons. The van der Waals surface area contributed by atoms with Gasteiger partial charge < -0.3 is 16.9 Å². The van der Waals surface area contributed by atoms with Gasteiger partial charge >= 0.3 is 0 Å². The maximum Gasteiger partial charge on any atom is 0.0786 e. The molecule has 262 valence electrons. The molecule has 0 aromatic heterocycles. The Bertz CT molecular complexity index is 428. The third kappa shape index (κ3) is 33.4. The Morgan fingerprint density at radius 3 is 0.512 bits per heavy atom. The van der Waals surface area contributed by atoms with E-state index in [4.69, 9.17) is 0 Å². The Kier molecular flexibility index (Phi) is 40.6. The fraction of sp³-hybridized carbons (Fsp3) is 1.00. The third-order valence-electron chi connectivity index (χ3n) is 10.2. The van der Waals surface area contributed by atoms with Crippen LogP contribution in [0.2, 0.25) is 0 Å². The predicted octanol–water partition coefficient (Wildman–Crippen LogP) is 11.8. The lowest BCUT2D eigenvalue weighted by molar-refractivity contribution is -0.929. The molecule has 0 atom stereocenters. The van der Waals surface area contributed by atoms with Gasteiger partial charge in [-0.2, -0.15) is 0 Å². The van der Waals surface area contributed by atoms with Gasteiger partial charge in [0.25, 0.3) is 0 Å². The first kappa shape index (κ1) is 45.4. The van der Waals surface area contributed by atoms with Crippen molar-refractivity contribution in [1.29, 1.82) is 0 Å². The van der Waals surface area contributed by atoms with E-state index in [2.05, 4.69) is 27.7 Å². The first-order valence-electron chi connectivity index (χ1n) is 20.6. The summed E-state index contributed by atoms with van der Waals surface area (Å²) in [7, 11) is 0. The summed E-state index contributed by atoms with van der Waals surface area (Å²) in [4.78, 5) is 0. The highest BCUT2D eigenvalue weighted by Crippen LogP contribution is 2.21. The Morgan fingerprint density at radius 1 is 0.209 bits per heavy atom. The molecule has 0 heterocycles. The fourth-order valence-corrected chi connectivity index (χ4v) is 7.17. The zero-order valence-corrected chi connectivity index (χ0v) is 31.7. The molecule has 43 heavy (non-hydrogen) atoms. The molecule has 0 bridgehead atoms. The van der Waals surface area contributed by atoms with E-state index in [1.54, 1.807) is 0 Å². The SMILES string of the molecule is CCCCCCCCCCC[N+](CCCCCCCCCC)(CCCCCCCCCC)CCCCCCCCCC.[Cl-]. The van der Waals surface area contributed by atoms with Crippen molar-refractivity contribution in [3.63, 3.8) is 0 Å². The molecule has 0 fully saturated rings. The van der Waals surface area contributed by atoms with E-state index in [1.807, 2.05) is 0 Å². The Morgan fingerprint density at radius 2 is 0.349 bits per heavy atom. The van der Waals surface area contributed by atoms with E-state index >= 15 is 0 Å². The molecule has 2 heteroatoms. The smallest absolute Gasteiger partial charge is 0.0786 e. The second-order valence-electron chi connectivity index (χ2n) is 14.5. The molecule has 0 saturated carbocycles. The average molecular weight is 629 g/mol. The zero-order chi connectivity index (χ0) is 30.7. The molecule has 0 aliphatic carbocycles. The number of quaternary nitrogens is 1. The molecule has 0 aliphatic heterocycles. The number of unbranched alkanes of at least 4 members (excludes halogenated alkanes) is 29. The van der Waals surface area contributed by atoms with Crippen LogP contribution in [0, 0.1) is 0 Å². The molecule has 0 amide bonds. The van der Waals surface area contributed by atoms with Crippen molar-refractivity contribution in [2.75, 3.05) is 26.2 Å². The van der Waals surface area contributed by atoms with E-state index in [-0.39, 0.29) is 12.4 Å². The minimum absolute atomic E-state index is 0. The molecular weight excluding hydrogens is 542 g/mol. The summed E-state index contributed by atoms with van der Waals surface area (Å²) >= 11 is 0. The summed E-state index contributed by atoms with van der Waals surface area (Å²) in [5.74, 6) is 0. The summed E-state index contributed by atoms with van der Waals surface area (Å²) < 4.78 is 1.48. The van der Waals surface area contributed by atoms with Crippen molar-refractivity contribution >= 4 is 0 Å². The quantitative estimate of drug-likeness (QED) is 0.0474.